The zero-order valence-electron chi connectivity index (χ0n) is 16.2. The molecule has 0 fully saturated rings. The van der Waals surface area contributed by atoms with Crippen molar-refractivity contribution in [3.8, 4) is 0 Å². The Morgan fingerprint density at radius 3 is 2.25 bits per heavy atom. The molecule has 3 N–H and O–H groups in total. The first kappa shape index (κ1) is 23.9. The highest BCUT2D eigenvalue weighted by atomic mass is 35.5. The van der Waals surface area contributed by atoms with Crippen molar-refractivity contribution in [3.05, 3.63) is 60.2 Å². The Labute approximate surface area is 173 Å². The van der Waals surface area contributed by atoms with Crippen LogP contribution in [0.1, 0.15) is 36.5 Å². The van der Waals surface area contributed by atoms with Crippen molar-refractivity contribution >= 4 is 34.0 Å². The zero-order chi connectivity index (χ0) is 19.9. The second-order valence-corrected chi connectivity index (χ2v) is 8.35. The Morgan fingerprint density at radius 1 is 1.11 bits per heavy atom. The molecule has 0 bridgehead atoms. The number of unbranched alkanes of at least 4 members (excludes halogenated alkanes) is 1. The number of nitrogens with zero attached hydrogens (tertiary/aromatic N) is 1. The fourth-order valence-corrected chi connectivity index (χ4v) is 3.88. The first-order valence-corrected chi connectivity index (χ1v) is 10.5. The molecule has 0 aliphatic heterocycles. The summed E-state index contributed by atoms with van der Waals surface area (Å²) in [6, 6.07) is 14.7. The molecule has 1 amide bonds. The molecule has 0 saturated carbocycles. The zero-order valence-corrected chi connectivity index (χ0v) is 17.8. The number of carbonyl (C=O) groups is 1. The summed E-state index contributed by atoms with van der Waals surface area (Å²) in [5.41, 5.74) is 6.69. The predicted octanol–water partition coefficient (Wildman–Crippen LogP) is 3.18. The van der Waals surface area contributed by atoms with E-state index in [-0.39, 0.29) is 29.3 Å². The SMILES string of the molecule is CCCCC(CN)NC(=O)c1ccc(S(=O)(=O)N(C)c2ccccc2)cc1.Cl. The minimum atomic E-state index is -3.69. The maximum absolute atomic E-state index is 12.8. The van der Waals surface area contributed by atoms with Gasteiger partial charge in [0.2, 0.25) is 0 Å². The summed E-state index contributed by atoms with van der Waals surface area (Å²) in [6.07, 6.45) is 2.85. The summed E-state index contributed by atoms with van der Waals surface area (Å²) in [5.74, 6) is -0.248. The smallest absolute Gasteiger partial charge is 0.264 e. The number of hydrogen-bond acceptors (Lipinski definition) is 4. The minimum absolute atomic E-state index is 0. The molecule has 2 rings (SSSR count). The minimum Gasteiger partial charge on any atom is -0.348 e. The summed E-state index contributed by atoms with van der Waals surface area (Å²) >= 11 is 0. The number of amides is 1. The van der Waals surface area contributed by atoms with Crippen LogP contribution >= 0.6 is 12.4 Å². The van der Waals surface area contributed by atoms with Crippen LogP contribution < -0.4 is 15.4 Å². The maximum atomic E-state index is 12.8. The highest BCUT2D eigenvalue weighted by Gasteiger charge is 2.21. The van der Waals surface area contributed by atoms with E-state index in [0.29, 0.717) is 17.8 Å². The van der Waals surface area contributed by atoms with Crippen LogP contribution in [0.25, 0.3) is 0 Å². The normalized spacial score (nSPS) is 12.0. The van der Waals surface area contributed by atoms with E-state index in [2.05, 4.69) is 12.2 Å². The Bertz CT molecular complexity index is 843. The van der Waals surface area contributed by atoms with Gasteiger partial charge in [0, 0.05) is 25.2 Å². The largest absolute Gasteiger partial charge is 0.348 e. The van der Waals surface area contributed by atoms with Gasteiger partial charge in [-0.2, -0.15) is 0 Å². The molecule has 2 aromatic carbocycles. The lowest BCUT2D eigenvalue weighted by Gasteiger charge is -2.20. The van der Waals surface area contributed by atoms with Crippen molar-refractivity contribution in [2.75, 3.05) is 17.9 Å². The summed E-state index contributed by atoms with van der Waals surface area (Å²) in [4.78, 5) is 12.5. The lowest BCUT2D eigenvalue weighted by Crippen LogP contribution is -2.40. The molecule has 0 aromatic heterocycles. The van der Waals surface area contributed by atoms with E-state index >= 15 is 0 Å². The van der Waals surface area contributed by atoms with Crippen LogP contribution in [0.15, 0.2) is 59.5 Å². The number of hydrogen-bond donors (Lipinski definition) is 2. The van der Waals surface area contributed by atoms with E-state index in [4.69, 9.17) is 5.73 Å². The highest BCUT2D eigenvalue weighted by Crippen LogP contribution is 2.21. The molecule has 0 saturated heterocycles. The standard InChI is InChI=1S/C20H27N3O3S.ClH/c1-3-4-8-17(15-21)22-20(24)16-11-13-19(14-12-16)27(25,26)23(2)18-9-6-5-7-10-18;/h5-7,9-14,17H,3-4,8,15,21H2,1-2H3,(H,22,24);1H. The van der Waals surface area contributed by atoms with Crippen LogP contribution in [0.5, 0.6) is 0 Å². The van der Waals surface area contributed by atoms with E-state index in [1.165, 1.54) is 35.6 Å². The number of nitrogens with two attached hydrogens (primary N) is 1. The Kier molecular flexibility index (Phi) is 9.45. The number of para-hydroxylation sites is 1. The van der Waals surface area contributed by atoms with Crippen LogP contribution in [0, 0.1) is 0 Å². The average molecular weight is 426 g/mol. The van der Waals surface area contributed by atoms with Crippen LogP contribution in [-0.2, 0) is 10.0 Å². The number of benzene rings is 2. The molecule has 0 radical (unpaired) electrons. The molecule has 0 heterocycles. The first-order chi connectivity index (χ1) is 12.9. The van der Waals surface area contributed by atoms with E-state index in [1.807, 2.05) is 6.07 Å². The lowest BCUT2D eigenvalue weighted by atomic mass is 10.1. The van der Waals surface area contributed by atoms with Gasteiger partial charge in [0.1, 0.15) is 0 Å². The average Bonchev–Trinajstić information content (AvgIpc) is 2.71. The number of rotatable bonds is 9. The van der Waals surface area contributed by atoms with Crippen molar-refractivity contribution in [1.29, 1.82) is 0 Å². The van der Waals surface area contributed by atoms with Gasteiger partial charge in [0.15, 0.2) is 0 Å². The molecule has 28 heavy (non-hydrogen) atoms. The molecular weight excluding hydrogens is 398 g/mol. The highest BCUT2D eigenvalue weighted by molar-refractivity contribution is 7.92. The summed E-state index contributed by atoms with van der Waals surface area (Å²) in [6.45, 7) is 2.46. The van der Waals surface area contributed by atoms with Crippen LogP contribution in [-0.4, -0.2) is 34.0 Å². The topological polar surface area (TPSA) is 92.5 Å². The van der Waals surface area contributed by atoms with E-state index < -0.39 is 10.0 Å². The fraction of sp³-hybridized carbons (Fsp3) is 0.350. The molecule has 0 spiro atoms. The molecule has 154 valence electrons. The number of anilines is 1. The van der Waals surface area contributed by atoms with Crippen molar-refractivity contribution in [2.45, 2.75) is 37.1 Å². The summed E-state index contributed by atoms with van der Waals surface area (Å²) in [7, 11) is -2.19. The van der Waals surface area contributed by atoms with Gasteiger partial charge >= 0.3 is 0 Å². The maximum Gasteiger partial charge on any atom is 0.264 e. The quantitative estimate of drug-likeness (QED) is 0.645. The molecule has 0 aliphatic rings. The summed E-state index contributed by atoms with van der Waals surface area (Å²) < 4.78 is 26.7. The van der Waals surface area contributed by atoms with Gasteiger partial charge < -0.3 is 11.1 Å². The molecule has 6 nitrogen and oxygen atoms in total. The van der Waals surface area contributed by atoms with Crippen LogP contribution in [0.2, 0.25) is 0 Å². The van der Waals surface area contributed by atoms with Gasteiger partial charge in [-0.05, 0) is 42.8 Å². The van der Waals surface area contributed by atoms with Crippen LogP contribution in [0.4, 0.5) is 5.69 Å². The number of sulfonamides is 1. The monoisotopic (exact) mass is 425 g/mol. The van der Waals surface area contributed by atoms with Gasteiger partial charge in [-0.1, -0.05) is 38.0 Å². The third-order valence-electron chi connectivity index (χ3n) is 4.42. The van der Waals surface area contributed by atoms with Crippen molar-refractivity contribution in [3.63, 3.8) is 0 Å². The summed E-state index contributed by atoms with van der Waals surface area (Å²) in [5, 5.41) is 2.90. The second-order valence-electron chi connectivity index (χ2n) is 6.38. The van der Waals surface area contributed by atoms with Crippen molar-refractivity contribution in [2.24, 2.45) is 5.73 Å². The number of halogens is 1. The van der Waals surface area contributed by atoms with Crippen molar-refractivity contribution in [1.82, 2.24) is 5.32 Å². The fourth-order valence-electron chi connectivity index (χ4n) is 2.68. The van der Waals surface area contributed by atoms with E-state index in [0.717, 1.165) is 19.3 Å². The first-order valence-electron chi connectivity index (χ1n) is 9.05. The number of carbonyl (C=O) groups excluding carboxylic acids is 1. The van der Waals surface area contributed by atoms with Gasteiger partial charge in [-0.25, -0.2) is 8.42 Å². The van der Waals surface area contributed by atoms with Crippen LogP contribution in [0.3, 0.4) is 0 Å². The molecule has 8 heteroatoms. The van der Waals surface area contributed by atoms with Gasteiger partial charge in [0.25, 0.3) is 15.9 Å². The van der Waals surface area contributed by atoms with Crippen molar-refractivity contribution < 1.29 is 13.2 Å². The molecule has 1 unspecified atom stereocenters. The molecule has 1 atom stereocenters. The van der Waals surface area contributed by atoms with Gasteiger partial charge in [0.05, 0.1) is 10.6 Å². The molecular formula is C20H28ClN3O3S. The van der Waals surface area contributed by atoms with E-state index in [9.17, 15) is 13.2 Å². The van der Waals surface area contributed by atoms with E-state index in [1.54, 1.807) is 24.3 Å². The van der Waals surface area contributed by atoms with Gasteiger partial charge in [-0.3, -0.25) is 9.10 Å². The Morgan fingerprint density at radius 2 is 1.71 bits per heavy atom. The number of nitrogens with one attached hydrogen (secondary N) is 1. The second kappa shape index (κ2) is 11.0. The molecule has 2 aromatic rings. The molecule has 0 aliphatic carbocycles. The Hall–Kier alpha value is -2.09. The third-order valence-corrected chi connectivity index (χ3v) is 6.22. The predicted molar refractivity (Wildman–Crippen MR) is 116 cm³/mol. The third kappa shape index (κ3) is 5.95. The lowest BCUT2D eigenvalue weighted by molar-refractivity contribution is 0.0935. The Balaban J connectivity index is 0.00000392. The van der Waals surface area contributed by atoms with Gasteiger partial charge in [-0.15, -0.1) is 12.4 Å².